The van der Waals surface area contributed by atoms with Crippen molar-refractivity contribution in [2.75, 3.05) is 6.61 Å². The van der Waals surface area contributed by atoms with Gasteiger partial charge in [0.1, 0.15) is 18.3 Å². The van der Waals surface area contributed by atoms with E-state index in [1.807, 2.05) is 0 Å². The van der Waals surface area contributed by atoms with Crippen LogP contribution in [0.4, 0.5) is 4.39 Å². The maximum absolute atomic E-state index is 13.2. The number of aromatic amines is 1. The Morgan fingerprint density at radius 2 is 2.25 bits per heavy atom. The number of halogens is 1. The molecule has 5 atom stereocenters. The molecule has 0 aromatic carbocycles. The van der Waals surface area contributed by atoms with Gasteiger partial charge in [0.2, 0.25) is 5.82 Å². The molecule has 2 aliphatic heterocycles. The van der Waals surface area contributed by atoms with Crippen molar-refractivity contribution < 1.29 is 26.8 Å². The number of hydrogen-bond donors (Lipinski definition) is 2. The highest BCUT2D eigenvalue weighted by Crippen LogP contribution is 2.33. The number of ether oxygens (including phenoxy) is 1. The second-order valence-electron chi connectivity index (χ2n) is 4.25. The van der Waals surface area contributed by atoms with Crippen LogP contribution in [-0.2, 0) is 24.5 Å². The zero-order valence-corrected chi connectivity index (χ0v) is 10.5. The zero-order valence-electron chi connectivity index (χ0n) is 9.72. The first-order valence-corrected chi connectivity index (χ1v) is 6.54. The van der Waals surface area contributed by atoms with Crippen LogP contribution in [0.5, 0.6) is 0 Å². The highest BCUT2D eigenvalue weighted by molar-refractivity contribution is 7.75. The van der Waals surface area contributed by atoms with Crippen LogP contribution < -0.4 is 11.2 Å². The molecule has 3 rings (SSSR count). The Bertz CT molecular complexity index is 673. The predicted molar refractivity (Wildman–Crippen MR) is 60.2 cm³/mol. The molecule has 0 saturated carbocycles. The molecule has 9 nitrogen and oxygen atoms in total. The Kier molecular flexibility index (Phi) is 3.30. The molecule has 110 valence electrons. The van der Waals surface area contributed by atoms with Gasteiger partial charge in [-0.25, -0.2) is 4.79 Å². The van der Waals surface area contributed by atoms with Crippen molar-refractivity contribution in [3.8, 4) is 0 Å². The Morgan fingerprint density at radius 1 is 1.50 bits per heavy atom. The van der Waals surface area contributed by atoms with Gasteiger partial charge in [0, 0.05) is 0 Å². The standard InChI is InChI=1S/C9H9FN2O7S/c10-3-1-12(9(15)11-7(3)14)8-5(13)6-4(18-8)2-17-20(16)19-6/h1,4-6,8,13H,2H2,(H,11,14,15)/t4-,5-,6+,8-,20?/m1/s1. The zero-order chi connectivity index (χ0) is 14.4. The summed E-state index contributed by atoms with van der Waals surface area (Å²) in [4.78, 5) is 24.3. The summed E-state index contributed by atoms with van der Waals surface area (Å²) < 4.78 is 39.9. The second kappa shape index (κ2) is 4.86. The van der Waals surface area contributed by atoms with Crippen LogP contribution in [-0.4, -0.2) is 43.8 Å². The van der Waals surface area contributed by atoms with Gasteiger partial charge in [-0.1, -0.05) is 0 Å². The largest absolute Gasteiger partial charge is 0.386 e. The average molecular weight is 308 g/mol. The van der Waals surface area contributed by atoms with Crippen LogP contribution in [0.25, 0.3) is 0 Å². The van der Waals surface area contributed by atoms with Crippen molar-refractivity contribution in [1.29, 1.82) is 0 Å². The molecule has 0 radical (unpaired) electrons. The van der Waals surface area contributed by atoms with Gasteiger partial charge < -0.3 is 9.84 Å². The van der Waals surface area contributed by atoms with Crippen LogP contribution in [0.3, 0.4) is 0 Å². The van der Waals surface area contributed by atoms with Crippen LogP contribution in [0.15, 0.2) is 15.8 Å². The molecule has 1 aromatic rings. The van der Waals surface area contributed by atoms with Gasteiger partial charge in [0.05, 0.1) is 12.8 Å². The number of H-pyrrole nitrogens is 1. The van der Waals surface area contributed by atoms with Crippen molar-refractivity contribution in [1.82, 2.24) is 9.55 Å². The fourth-order valence-electron chi connectivity index (χ4n) is 2.09. The molecule has 0 bridgehead atoms. The normalized spacial score (nSPS) is 36.8. The van der Waals surface area contributed by atoms with Gasteiger partial charge in [-0.3, -0.25) is 22.7 Å². The molecule has 3 heterocycles. The smallest absolute Gasteiger partial charge is 0.330 e. The quantitative estimate of drug-likeness (QED) is 0.611. The van der Waals surface area contributed by atoms with E-state index in [0.717, 1.165) is 0 Å². The summed E-state index contributed by atoms with van der Waals surface area (Å²) in [6.45, 7) is -0.106. The highest BCUT2D eigenvalue weighted by atomic mass is 32.2. The lowest BCUT2D eigenvalue weighted by atomic mass is 10.1. The van der Waals surface area contributed by atoms with E-state index in [0.29, 0.717) is 10.8 Å². The van der Waals surface area contributed by atoms with E-state index in [1.54, 1.807) is 4.98 Å². The lowest BCUT2D eigenvalue weighted by Gasteiger charge is -2.23. The summed E-state index contributed by atoms with van der Waals surface area (Å²) in [7, 11) is 0. The fraction of sp³-hybridized carbons (Fsp3) is 0.556. The van der Waals surface area contributed by atoms with Gasteiger partial charge in [-0.2, -0.15) is 8.60 Å². The van der Waals surface area contributed by atoms with Crippen LogP contribution >= 0.6 is 0 Å². The number of hydrogen-bond acceptors (Lipinski definition) is 7. The minimum atomic E-state index is -2.02. The maximum atomic E-state index is 13.2. The molecule has 2 aliphatic rings. The van der Waals surface area contributed by atoms with E-state index in [4.69, 9.17) is 13.1 Å². The monoisotopic (exact) mass is 308 g/mol. The van der Waals surface area contributed by atoms with Crippen LogP contribution in [0, 0.1) is 5.82 Å². The molecule has 0 aliphatic carbocycles. The highest BCUT2D eigenvalue weighted by Gasteiger charge is 2.49. The summed E-state index contributed by atoms with van der Waals surface area (Å²) in [5.74, 6) is -1.20. The number of fused-ring (bicyclic) bond motifs is 1. The van der Waals surface area contributed by atoms with E-state index < -0.39 is 53.0 Å². The Hall–Kier alpha value is -1.40. The van der Waals surface area contributed by atoms with E-state index in [2.05, 4.69) is 0 Å². The lowest BCUT2D eigenvalue weighted by molar-refractivity contribution is -0.0565. The molecule has 20 heavy (non-hydrogen) atoms. The molecule has 2 fully saturated rings. The number of nitrogens with zero attached hydrogens (tertiary/aromatic N) is 1. The number of aromatic nitrogens is 2. The molecule has 1 aromatic heterocycles. The first kappa shape index (κ1) is 13.6. The molecule has 2 N–H and O–H groups in total. The SMILES string of the molecule is O=c1[nH]c(=O)n([C@@H]2O[C@@H]3COS(=O)O[C@@H]3[C@H]2O)cc1F. The lowest BCUT2D eigenvalue weighted by Crippen LogP contribution is -2.42. The number of aliphatic hydroxyl groups is 1. The summed E-state index contributed by atoms with van der Waals surface area (Å²) in [6.07, 6.45) is -3.74. The van der Waals surface area contributed by atoms with Gasteiger partial charge in [-0.15, -0.1) is 0 Å². The van der Waals surface area contributed by atoms with Gasteiger partial charge in [-0.05, 0) is 0 Å². The van der Waals surface area contributed by atoms with Crippen molar-refractivity contribution in [3.63, 3.8) is 0 Å². The average Bonchev–Trinajstić information content (AvgIpc) is 2.71. The summed E-state index contributed by atoms with van der Waals surface area (Å²) in [5, 5.41) is 10.0. The molecule has 0 spiro atoms. The van der Waals surface area contributed by atoms with E-state index in [1.165, 1.54) is 0 Å². The minimum absolute atomic E-state index is 0.106. The Balaban J connectivity index is 1.96. The van der Waals surface area contributed by atoms with E-state index in [-0.39, 0.29) is 6.61 Å². The number of aliphatic hydroxyl groups excluding tert-OH is 1. The van der Waals surface area contributed by atoms with E-state index in [9.17, 15) is 23.3 Å². The topological polar surface area (TPSA) is 120 Å². The van der Waals surface area contributed by atoms with Crippen molar-refractivity contribution in [2.24, 2.45) is 0 Å². The number of rotatable bonds is 1. The van der Waals surface area contributed by atoms with Crippen molar-refractivity contribution in [3.05, 3.63) is 32.9 Å². The van der Waals surface area contributed by atoms with Gasteiger partial charge >= 0.3 is 17.1 Å². The fourth-order valence-corrected chi connectivity index (χ4v) is 2.81. The summed E-state index contributed by atoms with van der Waals surface area (Å²) >= 11 is -2.02. The summed E-state index contributed by atoms with van der Waals surface area (Å²) in [5.41, 5.74) is -2.11. The first-order valence-electron chi connectivity index (χ1n) is 5.54. The minimum Gasteiger partial charge on any atom is -0.386 e. The molecular formula is C9H9FN2O7S. The molecule has 11 heteroatoms. The Labute approximate surface area is 112 Å². The Morgan fingerprint density at radius 3 is 3.00 bits per heavy atom. The van der Waals surface area contributed by atoms with Gasteiger partial charge in [0.15, 0.2) is 6.23 Å². The maximum Gasteiger partial charge on any atom is 0.330 e. The van der Waals surface area contributed by atoms with Gasteiger partial charge in [0.25, 0.3) is 5.56 Å². The van der Waals surface area contributed by atoms with Crippen molar-refractivity contribution >= 4 is 11.4 Å². The number of nitrogens with one attached hydrogen (secondary N) is 1. The summed E-state index contributed by atoms with van der Waals surface area (Å²) in [6, 6.07) is 0. The molecular weight excluding hydrogens is 299 g/mol. The first-order chi connectivity index (χ1) is 9.47. The van der Waals surface area contributed by atoms with E-state index >= 15 is 0 Å². The molecule has 1 unspecified atom stereocenters. The third-order valence-corrected chi connectivity index (χ3v) is 3.73. The van der Waals surface area contributed by atoms with Crippen molar-refractivity contribution in [2.45, 2.75) is 24.5 Å². The van der Waals surface area contributed by atoms with Crippen LogP contribution in [0.2, 0.25) is 0 Å². The third-order valence-electron chi connectivity index (χ3n) is 3.03. The van der Waals surface area contributed by atoms with Crippen LogP contribution in [0.1, 0.15) is 6.23 Å². The predicted octanol–water partition coefficient (Wildman–Crippen LogP) is -2.07. The molecule has 0 amide bonds. The third kappa shape index (κ3) is 2.13. The second-order valence-corrected chi connectivity index (χ2v) is 5.09. The molecule has 2 saturated heterocycles.